The molecular formula is C15H16BrN3O2. The minimum Gasteiger partial charge on any atom is -0.339 e. The predicted molar refractivity (Wildman–Crippen MR) is 85.4 cm³/mol. The lowest BCUT2D eigenvalue weighted by atomic mass is 10.0. The van der Waals surface area contributed by atoms with Gasteiger partial charge in [-0.15, -0.1) is 0 Å². The van der Waals surface area contributed by atoms with Crippen molar-refractivity contribution in [3.63, 3.8) is 0 Å². The Morgan fingerprint density at radius 1 is 1.29 bits per heavy atom. The molecule has 0 unspecified atom stereocenters. The van der Waals surface area contributed by atoms with Crippen LogP contribution in [0, 0.1) is 0 Å². The third kappa shape index (κ3) is 2.87. The molecule has 110 valence electrons. The van der Waals surface area contributed by atoms with E-state index in [1.165, 1.54) is 6.07 Å². The van der Waals surface area contributed by atoms with Crippen LogP contribution in [0.15, 0.2) is 33.5 Å². The molecule has 1 aliphatic rings. The molecule has 1 aromatic heterocycles. The molecule has 1 fully saturated rings. The average Bonchev–Trinajstić information content (AvgIpc) is 2.47. The van der Waals surface area contributed by atoms with Crippen molar-refractivity contribution in [2.24, 2.45) is 5.73 Å². The lowest BCUT2D eigenvalue weighted by Gasteiger charge is -2.30. The molecule has 0 atom stereocenters. The van der Waals surface area contributed by atoms with E-state index < -0.39 is 0 Å². The maximum absolute atomic E-state index is 12.7. The Kier molecular flexibility index (Phi) is 3.82. The third-order valence-electron chi connectivity index (χ3n) is 3.86. The molecule has 2 aromatic rings. The van der Waals surface area contributed by atoms with Crippen LogP contribution in [0.5, 0.6) is 0 Å². The zero-order valence-corrected chi connectivity index (χ0v) is 13.0. The van der Waals surface area contributed by atoms with Gasteiger partial charge in [-0.3, -0.25) is 9.59 Å². The largest absolute Gasteiger partial charge is 0.339 e. The van der Waals surface area contributed by atoms with E-state index in [2.05, 4.69) is 20.9 Å². The Balaban J connectivity index is 2.04. The van der Waals surface area contributed by atoms with Crippen LogP contribution in [0.1, 0.15) is 23.2 Å². The number of fused-ring (bicyclic) bond motifs is 1. The first kappa shape index (κ1) is 14.3. The van der Waals surface area contributed by atoms with Crippen molar-refractivity contribution >= 4 is 32.7 Å². The first-order valence-electron chi connectivity index (χ1n) is 6.92. The van der Waals surface area contributed by atoms with Gasteiger partial charge in [-0.05, 0) is 31.0 Å². The predicted octanol–water partition coefficient (Wildman–Crippen LogP) is 1.85. The van der Waals surface area contributed by atoms with Gasteiger partial charge in [0.15, 0.2) is 0 Å². The Bertz CT molecular complexity index is 748. The number of amides is 1. The van der Waals surface area contributed by atoms with Crippen LogP contribution in [0.4, 0.5) is 0 Å². The number of nitrogens with one attached hydrogen (secondary N) is 1. The van der Waals surface area contributed by atoms with Crippen LogP contribution in [-0.4, -0.2) is 34.9 Å². The van der Waals surface area contributed by atoms with Crippen LogP contribution >= 0.6 is 15.9 Å². The first-order valence-corrected chi connectivity index (χ1v) is 7.71. The summed E-state index contributed by atoms with van der Waals surface area (Å²) in [7, 11) is 0. The summed E-state index contributed by atoms with van der Waals surface area (Å²) < 4.78 is 0.872. The Morgan fingerprint density at radius 3 is 2.71 bits per heavy atom. The van der Waals surface area contributed by atoms with E-state index >= 15 is 0 Å². The van der Waals surface area contributed by atoms with Crippen LogP contribution in [0.25, 0.3) is 10.9 Å². The SMILES string of the molecule is NC1CCN(C(=O)c2cc(=O)[nH]c3ccc(Br)cc23)CC1. The number of piperidine rings is 1. The minimum atomic E-state index is -0.262. The Labute approximate surface area is 130 Å². The van der Waals surface area contributed by atoms with Gasteiger partial charge in [-0.1, -0.05) is 15.9 Å². The molecule has 21 heavy (non-hydrogen) atoms. The lowest BCUT2D eigenvalue weighted by molar-refractivity contribution is 0.0716. The molecule has 0 spiro atoms. The molecule has 3 rings (SSSR count). The molecule has 5 nitrogen and oxygen atoms in total. The number of H-pyrrole nitrogens is 1. The molecular weight excluding hydrogens is 334 g/mol. The number of hydrogen-bond donors (Lipinski definition) is 2. The highest BCUT2D eigenvalue weighted by Crippen LogP contribution is 2.22. The standard InChI is InChI=1S/C15H16BrN3O2/c16-9-1-2-13-11(7-9)12(8-14(20)18-13)15(21)19-5-3-10(17)4-6-19/h1-2,7-8,10H,3-6,17H2,(H,18,20). The topological polar surface area (TPSA) is 79.2 Å². The summed E-state index contributed by atoms with van der Waals surface area (Å²) in [6.45, 7) is 1.28. The van der Waals surface area contributed by atoms with Gasteiger partial charge in [0.2, 0.25) is 5.56 Å². The Hall–Kier alpha value is -1.66. The highest BCUT2D eigenvalue weighted by atomic mass is 79.9. The fourth-order valence-corrected chi connectivity index (χ4v) is 3.04. The fraction of sp³-hybridized carbons (Fsp3) is 0.333. The molecule has 1 saturated heterocycles. The fourth-order valence-electron chi connectivity index (χ4n) is 2.68. The van der Waals surface area contributed by atoms with E-state index in [-0.39, 0.29) is 17.5 Å². The van der Waals surface area contributed by atoms with Gasteiger partial charge in [0.05, 0.1) is 5.56 Å². The molecule has 1 aliphatic heterocycles. The molecule has 3 N–H and O–H groups in total. The van der Waals surface area contributed by atoms with Gasteiger partial charge in [0.25, 0.3) is 5.91 Å². The Morgan fingerprint density at radius 2 is 2.00 bits per heavy atom. The van der Waals surface area contributed by atoms with Crippen molar-refractivity contribution in [2.45, 2.75) is 18.9 Å². The van der Waals surface area contributed by atoms with Gasteiger partial charge >= 0.3 is 0 Å². The van der Waals surface area contributed by atoms with Gasteiger partial charge in [-0.25, -0.2) is 0 Å². The molecule has 1 amide bonds. The number of hydrogen-bond acceptors (Lipinski definition) is 3. The number of halogens is 1. The van der Waals surface area contributed by atoms with Crippen molar-refractivity contribution in [3.8, 4) is 0 Å². The maximum atomic E-state index is 12.7. The number of rotatable bonds is 1. The number of nitrogens with zero attached hydrogens (tertiary/aromatic N) is 1. The zero-order chi connectivity index (χ0) is 15.0. The van der Waals surface area contributed by atoms with Crippen molar-refractivity contribution in [2.75, 3.05) is 13.1 Å². The number of carbonyl (C=O) groups excluding carboxylic acids is 1. The second kappa shape index (κ2) is 5.61. The van der Waals surface area contributed by atoms with Crippen molar-refractivity contribution in [1.82, 2.24) is 9.88 Å². The minimum absolute atomic E-state index is 0.101. The highest BCUT2D eigenvalue weighted by molar-refractivity contribution is 9.10. The van der Waals surface area contributed by atoms with Crippen molar-refractivity contribution < 1.29 is 4.79 Å². The molecule has 1 aromatic carbocycles. The molecule has 2 heterocycles. The summed E-state index contributed by atoms with van der Waals surface area (Å²) in [5.41, 5.74) is 6.73. The number of likely N-dealkylation sites (tertiary alicyclic amines) is 1. The summed E-state index contributed by atoms with van der Waals surface area (Å²) in [6, 6.07) is 7.04. The second-order valence-electron chi connectivity index (χ2n) is 5.37. The first-order chi connectivity index (χ1) is 10.0. The quantitative estimate of drug-likeness (QED) is 0.824. The maximum Gasteiger partial charge on any atom is 0.254 e. The van der Waals surface area contributed by atoms with E-state index in [0.717, 1.165) is 22.7 Å². The van der Waals surface area contributed by atoms with Gasteiger partial charge < -0.3 is 15.6 Å². The summed E-state index contributed by atoms with van der Waals surface area (Å²) in [4.78, 5) is 29.0. The number of aromatic amines is 1. The number of pyridine rings is 1. The smallest absolute Gasteiger partial charge is 0.254 e. The van der Waals surface area contributed by atoms with Crippen molar-refractivity contribution in [3.05, 3.63) is 44.7 Å². The van der Waals surface area contributed by atoms with E-state index in [1.807, 2.05) is 12.1 Å². The molecule has 0 saturated carbocycles. The number of carbonyl (C=O) groups is 1. The molecule has 0 aliphatic carbocycles. The zero-order valence-electron chi connectivity index (χ0n) is 11.4. The van der Waals surface area contributed by atoms with Gasteiger partial charge in [-0.2, -0.15) is 0 Å². The number of nitrogens with two attached hydrogens (primary N) is 1. The van der Waals surface area contributed by atoms with Crippen molar-refractivity contribution in [1.29, 1.82) is 0 Å². The summed E-state index contributed by atoms with van der Waals surface area (Å²) >= 11 is 3.40. The van der Waals surface area contributed by atoms with Crippen LogP contribution < -0.4 is 11.3 Å². The number of benzene rings is 1. The van der Waals surface area contributed by atoms with E-state index in [0.29, 0.717) is 24.2 Å². The van der Waals surface area contributed by atoms with Crippen LogP contribution in [0.2, 0.25) is 0 Å². The summed E-state index contributed by atoms with van der Waals surface area (Å²) in [6.07, 6.45) is 1.60. The monoisotopic (exact) mass is 349 g/mol. The van der Waals surface area contributed by atoms with Gasteiger partial charge in [0.1, 0.15) is 0 Å². The van der Waals surface area contributed by atoms with Crippen LogP contribution in [-0.2, 0) is 0 Å². The normalized spacial score (nSPS) is 16.4. The molecule has 0 radical (unpaired) electrons. The third-order valence-corrected chi connectivity index (χ3v) is 4.36. The van der Waals surface area contributed by atoms with Gasteiger partial charge in [0, 0.05) is 40.6 Å². The average molecular weight is 350 g/mol. The van der Waals surface area contributed by atoms with E-state index in [9.17, 15) is 9.59 Å². The van der Waals surface area contributed by atoms with E-state index in [4.69, 9.17) is 5.73 Å². The number of aromatic nitrogens is 1. The summed E-state index contributed by atoms with van der Waals surface area (Å²) in [5, 5.41) is 0.754. The second-order valence-corrected chi connectivity index (χ2v) is 6.28. The lowest BCUT2D eigenvalue weighted by Crippen LogP contribution is -2.43. The van der Waals surface area contributed by atoms with E-state index in [1.54, 1.807) is 11.0 Å². The van der Waals surface area contributed by atoms with Crippen LogP contribution in [0.3, 0.4) is 0 Å². The molecule has 6 heteroatoms. The highest BCUT2D eigenvalue weighted by Gasteiger charge is 2.23. The summed E-state index contributed by atoms with van der Waals surface area (Å²) in [5.74, 6) is -0.101. The molecule has 0 bridgehead atoms.